The van der Waals surface area contributed by atoms with Gasteiger partial charge in [-0.2, -0.15) is 0 Å². The molecule has 1 heteroatoms. The van der Waals surface area contributed by atoms with Crippen molar-refractivity contribution in [1.29, 1.82) is 0 Å². The van der Waals surface area contributed by atoms with E-state index in [1.54, 1.807) is 0 Å². The van der Waals surface area contributed by atoms with E-state index in [0.29, 0.717) is 11.8 Å². The zero-order valence-corrected chi connectivity index (χ0v) is 14.2. The molecule has 0 N–H and O–H groups in total. The molecule has 0 amide bonds. The van der Waals surface area contributed by atoms with Crippen LogP contribution in [0.1, 0.15) is 34.1 Å². The van der Waals surface area contributed by atoms with E-state index in [-0.39, 0.29) is 5.41 Å². The first-order chi connectivity index (χ1) is 8.50. The Labute approximate surface area is 126 Å². The zero-order chi connectivity index (χ0) is 13.8. The molecule has 0 saturated heterocycles. The molecule has 0 aromatic carbocycles. The Balaban J connectivity index is 3.28. The second-order valence-electron chi connectivity index (χ2n) is 5.50. The molecule has 0 aromatic rings. The van der Waals surface area contributed by atoms with Gasteiger partial charge in [-0.15, -0.1) is 0 Å². The van der Waals surface area contributed by atoms with Crippen molar-refractivity contribution in [3.8, 4) is 0 Å². The number of hydrogen-bond acceptors (Lipinski definition) is 0. The van der Waals surface area contributed by atoms with E-state index in [1.807, 2.05) is 6.08 Å². The van der Waals surface area contributed by atoms with Crippen molar-refractivity contribution in [3.63, 3.8) is 0 Å². The average Bonchev–Trinajstić information content (AvgIpc) is 2.50. The number of hydrogen-bond donors (Lipinski definition) is 0. The van der Waals surface area contributed by atoms with E-state index in [2.05, 4.69) is 81.2 Å². The van der Waals surface area contributed by atoms with E-state index in [9.17, 15) is 0 Å². The van der Waals surface area contributed by atoms with Gasteiger partial charge in [0.2, 0.25) is 0 Å². The van der Waals surface area contributed by atoms with Crippen LogP contribution in [0.3, 0.4) is 0 Å². The van der Waals surface area contributed by atoms with Crippen molar-refractivity contribution < 1.29 is 0 Å². The maximum atomic E-state index is 3.88. The Morgan fingerprint density at radius 1 is 1.39 bits per heavy atom. The summed E-state index contributed by atoms with van der Waals surface area (Å²) in [6.45, 7) is 13.2. The zero-order valence-electron chi connectivity index (χ0n) is 12.0. The molecule has 2 atom stereocenters. The van der Waals surface area contributed by atoms with Crippen LogP contribution in [-0.2, 0) is 0 Å². The molecular formula is C17H25I. The molecular weight excluding hydrogens is 331 g/mol. The molecule has 0 nitrogen and oxygen atoms in total. The van der Waals surface area contributed by atoms with Crippen LogP contribution >= 0.6 is 22.6 Å². The van der Waals surface area contributed by atoms with Gasteiger partial charge in [-0.3, -0.25) is 0 Å². The van der Waals surface area contributed by atoms with Crippen molar-refractivity contribution in [2.45, 2.75) is 34.1 Å². The highest BCUT2D eigenvalue weighted by Crippen LogP contribution is 2.54. The minimum absolute atomic E-state index is 0.253. The van der Waals surface area contributed by atoms with Crippen molar-refractivity contribution in [2.75, 3.05) is 4.43 Å². The molecule has 18 heavy (non-hydrogen) atoms. The van der Waals surface area contributed by atoms with Gasteiger partial charge in [0.15, 0.2) is 0 Å². The van der Waals surface area contributed by atoms with Crippen LogP contribution < -0.4 is 0 Å². The SMILES string of the molecule is C=CC=C1/C(=C\CI)C(C)(C)C(C)C1/C=C\CC. The minimum Gasteiger partial charge on any atom is -0.0991 e. The first-order valence-electron chi connectivity index (χ1n) is 6.76. The Bertz CT molecular complexity index is 382. The van der Waals surface area contributed by atoms with Crippen LogP contribution in [-0.4, -0.2) is 4.43 Å². The summed E-state index contributed by atoms with van der Waals surface area (Å²) >= 11 is 2.43. The average molecular weight is 356 g/mol. The van der Waals surface area contributed by atoms with E-state index in [1.165, 1.54) is 11.1 Å². The fourth-order valence-corrected chi connectivity index (χ4v) is 3.29. The van der Waals surface area contributed by atoms with Crippen LogP contribution in [0.4, 0.5) is 0 Å². The van der Waals surface area contributed by atoms with Gasteiger partial charge < -0.3 is 0 Å². The minimum atomic E-state index is 0.253. The number of rotatable bonds is 4. The number of halogens is 1. The lowest BCUT2D eigenvalue weighted by molar-refractivity contribution is 0.298. The first-order valence-corrected chi connectivity index (χ1v) is 8.29. The highest BCUT2D eigenvalue weighted by atomic mass is 127. The summed E-state index contributed by atoms with van der Waals surface area (Å²) in [7, 11) is 0. The van der Waals surface area contributed by atoms with Gasteiger partial charge in [0.25, 0.3) is 0 Å². The second kappa shape index (κ2) is 6.74. The summed E-state index contributed by atoms with van der Waals surface area (Å²) in [5.41, 5.74) is 3.22. The van der Waals surface area contributed by atoms with E-state index in [4.69, 9.17) is 0 Å². The molecule has 0 bridgehead atoms. The van der Waals surface area contributed by atoms with E-state index < -0.39 is 0 Å². The van der Waals surface area contributed by atoms with Gasteiger partial charge in [0, 0.05) is 10.3 Å². The topological polar surface area (TPSA) is 0 Å². The van der Waals surface area contributed by atoms with Gasteiger partial charge in [-0.05, 0) is 28.9 Å². The maximum Gasteiger partial charge on any atom is 0.0181 e. The highest BCUT2D eigenvalue weighted by Gasteiger charge is 2.44. The molecule has 0 aromatic heterocycles. The van der Waals surface area contributed by atoms with Gasteiger partial charge in [-0.1, -0.05) is 87.2 Å². The molecule has 1 saturated carbocycles. The molecule has 2 unspecified atom stereocenters. The third-order valence-electron chi connectivity index (χ3n) is 4.20. The maximum absolute atomic E-state index is 3.88. The predicted octanol–water partition coefficient (Wildman–Crippen LogP) is 5.72. The summed E-state index contributed by atoms with van der Waals surface area (Å²) in [5.74, 6) is 1.17. The lowest BCUT2D eigenvalue weighted by Crippen LogP contribution is -2.19. The smallest absolute Gasteiger partial charge is 0.0181 e. The third kappa shape index (κ3) is 2.98. The normalized spacial score (nSPS) is 31.6. The molecule has 0 radical (unpaired) electrons. The molecule has 1 fully saturated rings. The summed E-state index contributed by atoms with van der Waals surface area (Å²) in [5, 5.41) is 0. The Hall–Kier alpha value is -0.310. The van der Waals surface area contributed by atoms with Crippen LogP contribution in [0.25, 0.3) is 0 Å². The van der Waals surface area contributed by atoms with Crippen molar-refractivity contribution >= 4 is 22.6 Å². The summed E-state index contributed by atoms with van der Waals surface area (Å²) in [6, 6.07) is 0. The molecule has 0 spiro atoms. The molecule has 0 aliphatic heterocycles. The van der Waals surface area contributed by atoms with Gasteiger partial charge >= 0.3 is 0 Å². The summed E-state index contributed by atoms with van der Waals surface area (Å²) in [6.07, 6.45) is 12.3. The first kappa shape index (κ1) is 15.7. The monoisotopic (exact) mass is 356 g/mol. The standard InChI is InChI=1S/C17H25I/c1-6-8-10-14-13(3)17(4,5)16(11-12-18)15(14)9-7-2/h7-11,13-14H,2,6,12H2,1,3-5H3/b10-8-,15-9?,16-11+. The number of allylic oxidation sites excluding steroid dienone is 7. The molecule has 1 rings (SSSR count). The van der Waals surface area contributed by atoms with Crippen LogP contribution in [0.2, 0.25) is 0 Å². The van der Waals surface area contributed by atoms with E-state index in [0.717, 1.165) is 10.8 Å². The fraction of sp³-hybridized carbons (Fsp3) is 0.529. The molecule has 1 aliphatic rings. The Kier molecular flexibility index (Phi) is 5.90. The molecule has 1 aliphatic carbocycles. The lowest BCUT2D eigenvalue weighted by Gasteiger charge is -2.26. The quantitative estimate of drug-likeness (QED) is 0.343. The molecule has 0 heterocycles. The van der Waals surface area contributed by atoms with Crippen molar-refractivity contribution in [3.05, 3.63) is 48.1 Å². The Morgan fingerprint density at radius 3 is 2.56 bits per heavy atom. The van der Waals surface area contributed by atoms with Crippen molar-refractivity contribution in [1.82, 2.24) is 0 Å². The second-order valence-corrected chi connectivity index (χ2v) is 6.38. The van der Waals surface area contributed by atoms with E-state index >= 15 is 0 Å². The third-order valence-corrected chi connectivity index (χ3v) is 4.64. The van der Waals surface area contributed by atoms with Crippen LogP contribution in [0.5, 0.6) is 0 Å². The lowest BCUT2D eigenvalue weighted by atomic mass is 9.78. The highest BCUT2D eigenvalue weighted by molar-refractivity contribution is 14.1. The van der Waals surface area contributed by atoms with Crippen molar-refractivity contribution in [2.24, 2.45) is 17.3 Å². The van der Waals surface area contributed by atoms with Crippen LogP contribution in [0.15, 0.2) is 48.1 Å². The predicted molar refractivity (Wildman–Crippen MR) is 91.1 cm³/mol. The summed E-state index contributed by atoms with van der Waals surface area (Å²) in [4.78, 5) is 0. The summed E-state index contributed by atoms with van der Waals surface area (Å²) < 4.78 is 1.07. The fourth-order valence-electron chi connectivity index (χ4n) is 2.85. The van der Waals surface area contributed by atoms with Gasteiger partial charge in [0.1, 0.15) is 0 Å². The van der Waals surface area contributed by atoms with Gasteiger partial charge in [0.05, 0.1) is 0 Å². The van der Waals surface area contributed by atoms with Gasteiger partial charge in [-0.25, -0.2) is 0 Å². The largest absolute Gasteiger partial charge is 0.0991 e. The van der Waals surface area contributed by atoms with Crippen LogP contribution in [0, 0.1) is 17.3 Å². The number of alkyl halides is 1. The molecule has 100 valence electrons. The Morgan fingerprint density at radius 2 is 2.06 bits per heavy atom.